The van der Waals surface area contributed by atoms with Crippen molar-refractivity contribution in [1.29, 1.82) is 0 Å². The molecule has 0 bridgehead atoms. The number of halogens is 3. The standard InChI is InChI=1S/3C14H19NO.C2H3F3O3S.6C2H6.CH4O.4CH4/c3*1-9-5-6-12-13(11(9)8-16)10(2)7-14(3,4)15-12;1-8-9(6,7)2(3,4)5;7*1-2;;;;/h3*5-7,15-16H,8H2,1-4H3;1H3;6*1-2H3;2H,1H3;4*1H4. The van der Waals surface area contributed by atoms with Crippen LogP contribution in [0.5, 0.6) is 0 Å². The number of fused-ring (bicyclic) bond motifs is 3. The first-order chi connectivity index (χ1) is 33.1. The van der Waals surface area contributed by atoms with Gasteiger partial charge < -0.3 is 36.4 Å². The van der Waals surface area contributed by atoms with E-state index in [0.29, 0.717) is 7.11 Å². The van der Waals surface area contributed by atoms with Gasteiger partial charge in [-0.2, -0.15) is 21.6 Å². The van der Waals surface area contributed by atoms with E-state index in [4.69, 9.17) is 5.11 Å². The highest BCUT2D eigenvalue weighted by atomic mass is 32.2. The zero-order chi connectivity index (χ0) is 57.5. The van der Waals surface area contributed by atoms with E-state index in [0.717, 1.165) is 57.6 Å². The summed E-state index contributed by atoms with van der Waals surface area (Å²) in [5.41, 5.74) is 11.8. The third kappa shape index (κ3) is 28.1. The van der Waals surface area contributed by atoms with Gasteiger partial charge in [-0.15, -0.1) is 0 Å². The van der Waals surface area contributed by atoms with Crippen LogP contribution < -0.4 is 16.0 Å². The summed E-state index contributed by atoms with van der Waals surface area (Å²) in [5.74, 6) is 0. The highest BCUT2D eigenvalue weighted by Gasteiger charge is 2.46. The minimum absolute atomic E-state index is 0. The van der Waals surface area contributed by atoms with E-state index in [2.05, 4.69) is 137 Å². The first kappa shape index (κ1) is 90.3. The fraction of sp³-hybridized carbons (Fsp3) is 0.607. The van der Waals surface area contributed by atoms with Crippen LogP contribution in [0.1, 0.15) is 225 Å². The van der Waals surface area contributed by atoms with Gasteiger partial charge >= 0.3 is 15.6 Å². The van der Waals surface area contributed by atoms with E-state index < -0.39 is 15.6 Å². The van der Waals surface area contributed by atoms with E-state index in [9.17, 15) is 36.9 Å². The van der Waals surface area contributed by atoms with Crippen LogP contribution in [-0.4, -0.2) is 65.2 Å². The molecule has 444 valence electrons. The summed E-state index contributed by atoms with van der Waals surface area (Å²) in [6.07, 6.45) is 6.65. The molecule has 0 fully saturated rings. The smallest absolute Gasteiger partial charge is 0.400 e. The molecule has 10 nitrogen and oxygen atoms in total. The molecule has 3 heterocycles. The summed E-state index contributed by atoms with van der Waals surface area (Å²) >= 11 is 0. The Bertz CT molecular complexity index is 1970. The molecular weight excluding hydrogens is 976 g/mol. The molecule has 14 heteroatoms. The predicted molar refractivity (Wildman–Crippen MR) is 331 cm³/mol. The lowest BCUT2D eigenvalue weighted by Gasteiger charge is -2.33. The van der Waals surface area contributed by atoms with Crippen LogP contribution in [0.3, 0.4) is 0 Å². The molecule has 3 aliphatic rings. The third-order valence-electron chi connectivity index (χ3n) is 9.90. The molecule has 75 heavy (non-hydrogen) atoms. The van der Waals surface area contributed by atoms with Crippen molar-refractivity contribution in [3.05, 3.63) is 105 Å². The minimum Gasteiger partial charge on any atom is -0.400 e. The van der Waals surface area contributed by atoms with Crippen LogP contribution in [0, 0.1) is 20.8 Å². The van der Waals surface area contributed by atoms with Crippen LogP contribution in [0.25, 0.3) is 16.7 Å². The van der Waals surface area contributed by atoms with Crippen molar-refractivity contribution in [2.24, 2.45) is 0 Å². The SMILES string of the molecule is C.C.C.C.CC.CC.CC.CC.CC.CC.CC1=CC(C)(C)Nc2ccc(C)c(CO)c21.CC1=CC(C)(C)Nc2ccc(C)c(CO)c21.CC1=CC(C)(C)Nc2ccc(C)c(CO)c21.CO.COS(=O)(=O)C(F)(F)F. The van der Waals surface area contributed by atoms with Gasteiger partial charge in [0.2, 0.25) is 0 Å². The van der Waals surface area contributed by atoms with E-state index >= 15 is 0 Å². The predicted octanol–water partition coefficient (Wildman–Crippen LogP) is 18.1. The molecule has 0 atom stereocenters. The number of nitrogens with one attached hydrogen (secondary N) is 3. The molecule has 3 aliphatic heterocycles. The summed E-state index contributed by atoms with van der Waals surface area (Å²) in [6, 6.07) is 12.5. The Morgan fingerprint density at radius 1 is 0.453 bits per heavy atom. The van der Waals surface area contributed by atoms with Crippen molar-refractivity contribution in [3.8, 4) is 0 Å². The molecule has 0 saturated heterocycles. The van der Waals surface area contributed by atoms with Crippen LogP contribution in [0.15, 0.2) is 54.6 Å². The van der Waals surface area contributed by atoms with E-state index in [1.807, 2.05) is 104 Å². The Hall–Kier alpha value is -4.18. The number of hydrogen-bond acceptors (Lipinski definition) is 10. The molecule has 0 aliphatic carbocycles. The summed E-state index contributed by atoms with van der Waals surface area (Å²) in [6.45, 7) is 49.7. The van der Waals surface area contributed by atoms with E-state index in [1.54, 1.807) is 0 Å². The average molecular weight is 1090 g/mol. The van der Waals surface area contributed by atoms with Crippen LogP contribution >= 0.6 is 0 Å². The topological polar surface area (TPSA) is 160 Å². The lowest BCUT2D eigenvalue weighted by molar-refractivity contribution is -0.0526. The van der Waals surface area contributed by atoms with Gasteiger partial charge in [0, 0.05) is 40.9 Å². The number of aliphatic hydroxyl groups is 4. The molecule has 0 aromatic heterocycles. The molecule has 7 N–H and O–H groups in total. The maximum atomic E-state index is 11.1. The second-order valence-electron chi connectivity index (χ2n) is 16.4. The second kappa shape index (κ2) is 43.9. The molecule has 0 amide bonds. The van der Waals surface area contributed by atoms with Gasteiger partial charge in [-0.1, -0.05) is 149 Å². The number of alkyl halides is 3. The van der Waals surface area contributed by atoms with Gasteiger partial charge in [-0.25, -0.2) is 0 Å². The first-order valence-electron chi connectivity index (χ1n) is 25.1. The lowest BCUT2D eigenvalue weighted by Crippen LogP contribution is -2.32. The number of anilines is 3. The van der Waals surface area contributed by atoms with Crippen molar-refractivity contribution in [2.75, 3.05) is 30.2 Å². The number of aryl methyl sites for hydroxylation is 3. The van der Waals surface area contributed by atoms with Gasteiger partial charge in [0.1, 0.15) is 0 Å². The molecule has 0 spiro atoms. The zero-order valence-corrected chi connectivity index (χ0v) is 49.7. The minimum atomic E-state index is -5.34. The highest BCUT2D eigenvalue weighted by Crippen LogP contribution is 2.39. The molecule has 3 aromatic carbocycles. The molecule has 3 aromatic rings. The summed E-state index contributed by atoms with van der Waals surface area (Å²) in [4.78, 5) is 0. The monoisotopic (exact) mass is 1090 g/mol. The Labute approximate surface area is 461 Å². The van der Waals surface area contributed by atoms with Crippen molar-refractivity contribution in [3.63, 3.8) is 0 Å². The second-order valence-corrected chi connectivity index (χ2v) is 18.1. The number of benzene rings is 3. The molecule has 6 rings (SSSR count). The van der Waals surface area contributed by atoms with E-state index in [-0.39, 0.29) is 66.1 Å². The zero-order valence-electron chi connectivity index (χ0n) is 48.9. The fourth-order valence-electron chi connectivity index (χ4n) is 7.62. The third-order valence-corrected chi connectivity index (χ3v) is 10.9. The van der Waals surface area contributed by atoms with Gasteiger partial charge in [0.25, 0.3) is 0 Å². The van der Waals surface area contributed by atoms with Crippen molar-refractivity contribution < 1.29 is 46.2 Å². The normalized spacial score (nSPS) is 13.4. The number of allylic oxidation sites excluding steroid dienone is 3. The number of hydrogen-bond donors (Lipinski definition) is 7. The molecule has 0 unspecified atom stereocenters. The van der Waals surface area contributed by atoms with Gasteiger partial charge in [0.05, 0.1) is 43.5 Å². The quantitative estimate of drug-likeness (QED) is 0.0990. The Morgan fingerprint density at radius 3 is 0.773 bits per heavy atom. The largest absolute Gasteiger partial charge is 0.523 e. The van der Waals surface area contributed by atoms with Crippen LogP contribution in [0.2, 0.25) is 0 Å². The lowest BCUT2D eigenvalue weighted by atomic mass is 9.87. The van der Waals surface area contributed by atoms with Gasteiger partial charge in [-0.05, 0) is 151 Å². The fourth-order valence-corrected chi connectivity index (χ4v) is 7.80. The molecule has 0 saturated carbocycles. The van der Waals surface area contributed by atoms with Crippen molar-refractivity contribution in [2.45, 2.75) is 238 Å². The first-order valence-corrected chi connectivity index (χ1v) is 26.5. The summed E-state index contributed by atoms with van der Waals surface area (Å²) in [5, 5.41) is 45.8. The Kier molecular flexibility index (Phi) is 52.8. The summed E-state index contributed by atoms with van der Waals surface area (Å²) < 4.78 is 55.9. The van der Waals surface area contributed by atoms with Crippen molar-refractivity contribution >= 4 is 43.9 Å². The van der Waals surface area contributed by atoms with E-state index in [1.165, 1.54) is 33.4 Å². The van der Waals surface area contributed by atoms with Gasteiger partial charge in [-0.3, -0.25) is 4.18 Å². The maximum Gasteiger partial charge on any atom is 0.523 e. The van der Waals surface area contributed by atoms with Crippen LogP contribution in [-0.2, 0) is 34.1 Å². The van der Waals surface area contributed by atoms with Gasteiger partial charge in [0.15, 0.2) is 0 Å². The van der Waals surface area contributed by atoms with Crippen molar-refractivity contribution in [1.82, 2.24) is 0 Å². The highest BCUT2D eigenvalue weighted by molar-refractivity contribution is 7.87. The average Bonchev–Trinajstić information content (AvgIpc) is 3.33. The van der Waals surface area contributed by atoms with Crippen LogP contribution in [0.4, 0.5) is 30.2 Å². The molecular formula is C61H116F3N3O7S. The molecule has 0 radical (unpaired) electrons. The summed E-state index contributed by atoms with van der Waals surface area (Å²) in [7, 11) is -3.89. The Morgan fingerprint density at radius 2 is 0.640 bits per heavy atom. The number of rotatable bonds is 4. The maximum absolute atomic E-state index is 11.1. The number of aliphatic hydroxyl groups excluding tert-OH is 4. The Balaban J connectivity index is -0.000000102.